The standard InChI is InChI=1S/C21H17BrN4O2S/c1-14-5-4-6-16(13-14)23-20-21(25-19-8-3-2-7-18(19)24-20)26-29(27,28)17-11-9-15(22)10-12-17/h2-13H,1H3,(H,23,24)(H,25,26). The van der Waals surface area contributed by atoms with E-state index in [1.54, 1.807) is 18.2 Å². The highest BCUT2D eigenvalue weighted by atomic mass is 79.9. The molecule has 0 fully saturated rings. The van der Waals surface area contributed by atoms with Crippen molar-refractivity contribution < 1.29 is 8.42 Å². The van der Waals surface area contributed by atoms with Gasteiger partial charge in [-0.3, -0.25) is 4.72 Å². The van der Waals surface area contributed by atoms with Crippen LogP contribution in [0.2, 0.25) is 0 Å². The van der Waals surface area contributed by atoms with Crippen LogP contribution in [0.4, 0.5) is 17.3 Å². The van der Waals surface area contributed by atoms with Crippen LogP contribution in [-0.2, 0) is 10.0 Å². The van der Waals surface area contributed by atoms with Crippen LogP contribution >= 0.6 is 15.9 Å². The van der Waals surface area contributed by atoms with E-state index in [4.69, 9.17) is 0 Å². The van der Waals surface area contributed by atoms with E-state index in [1.165, 1.54) is 12.1 Å². The number of fused-ring (bicyclic) bond motifs is 1. The molecule has 0 spiro atoms. The number of sulfonamides is 1. The van der Waals surface area contributed by atoms with Gasteiger partial charge in [0, 0.05) is 10.2 Å². The third-order valence-electron chi connectivity index (χ3n) is 4.21. The van der Waals surface area contributed by atoms with E-state index in [-0.39, 0.29) is 10.7 Å². The summed E-state index contributed by atoms with van der Waals surface area (Å²) in [6.45, 7) is 1.98. The van der Waals surface area contributed by atoms with Crippen LogP contribution in [-0.4, -0.2) is 18.4 Å². The van der Waals surface area contributed by atoms with Crippen LogP contribution in [0.1, 0.15) is 5.56 Å². The molecule has 29 heavy (non-hydrogen) atoms. The fraction of sp³-hybridized carbons (Fsp3) is 0.0476. The number of aromatic nitrogens is 2. The van der Waals surface area contributed by atoms with Gasteiger partial charge in [0.05, 0.1) is 15.9 Å². The zero-order valence-electron chi connectivity index (χ0n) is 15.4. The summed E-state index contributed by atoms with van der Waals surface area (Å²) >= 11 is 3.31. The molecule has 0 amide bonds. The Labute approximate surface area is 177 Å². The topological polar surface area (TPSA) is 84.0 Å². The highest BCUT2D eigenvalue weighted by molar-refractivity contribution is 9.10. The fourth-order valence-electron chi connectivity index (χ4n) is 2.82. The highest BCUT2D eigenvalue weighted by Crippen LogP contribution is 2.27. The molecule has 6 nitrogen and oxygen atoms in total. The van der Waals surface area contributed by atoms with E-state index < -0.39 is 10.0 Å². The second kappa shape index (κ2) is 7.81. The lowest BCUT2D eigenvalue weighted by Crippen LogP contribution is -2.16. The average Bonchev–Trinajstić information content (AvgIpc) is 2.68. The van der Waals surface area contributed by atoms with E-state index in [2.05, 4.69) is 35.9 Å². The number of para-hydroxylation sites is 2. The van der Waals surface area contributed by atoms with Crippen molar-refractivity contribution >= 4 is 54.3 Å². The number of anilines is 3. The van der Waals surface area contributed by atoms with Crippen LogP contribution in [0.3, 0.4) is 0 Å². The van der Waals surface area contributed by atoms with E-state index in [0.717, 1.165) is 15.7 Å². The molecule has 1 heterocycles. The molecule has 1 aromatic heterocycles. The Bertz CT molecular complexity index is 1290. The lowest BCUT2D eigenvalue weighted by atomic mass is 10.2. The van der Waals surface area contributed by atoms with Crippen LogP contribution in [0.5, 0.6) is 0 Å². The minimum absolute atomic E-state index is 0.133. The minimum Gasteiger partial charge on any atom is -0.337 e. The van der Waals surface area contributed by atoms with E-state index in [9.17, 15) is 8.42 Å². The van der Waals surface area contributed by atoms with Crippen molar-refractivity contribution in [2.24, 2.45) is 0 Å². The van der Waals surface area contributed by atoms with Crippen molar-refractivity contribution in [2.75, 3.05) is 10.0 Å². The maximum atomic E-state index is 12.9. The molecule has 0 aliphatic rings. The van der Waals surface area contributed by atoms with Crippen molar-refractivity contribution in [1.29, 1.82) is 0 Å². The molecule has 8 heteroatoms. The molecule has 0 saturated heterocycles. The average molecular weight is 469 g/mol. The Morgan fingerprint density at radius 2 is 1.48 bits per heavy atom. The highest BCUT2D eigenvalue weighted by Gasteiger charge is 2.19. The predicted octanol–water partition coefficient (Wildman–Crippen LogP) is 5.25. The number of hydrogen-bond acceptors (Lipinski definition) is 5. The molecule has 0 unspecified atom stereocenters. The van der Waals surface area contributed by atoms with Crippen molar-refractivity contribution in [2.45, 2.75) is 11.8 Å². The second-order valence-electron chi connectivity index (χ2n) is 6.46. The summed E-state index contributed by atoms with van der Waals surface area (Å²) in [5, 5.41) is 3.18. The van der Waals surface area contributed by atoms with Gasteiger partial charge in [-0.2, -0.15) is 0 Å². The summed E-state index contributed by atoms with van der Waals surface area (Å²) in [4.78, 5) is 9.22. The number of nitrogens with one attached hydrogen (secondary N) is 2. The first-order chi connectivity index (χ1) is 13.9. The number of rotatable bonds is 5. The van der Waals surface area contributed by atoms with Crippen LogP contribution in [0.25, 0.3) is 11.0 Å². The molecule has 0 aliphatic carbocycles. The third-order valence-corrected chi connectivity index (χ3v) is 6.09. The van der Waals surface area contributed by atoms with Gasteiger partial charge < -0.3 is 5.32 Å². The quantitative estimate of drug-likeness (QED) is 0.418. The molecule has 4 aromatic rings. The summed E-state index contributed by atoms with van der Waals surface area (Å²) < 4.78 is 29.1. The van der Waals surface area contributed by atoms with Crippen LogP contribution < -0.4 is 10.0 Å². The van der Waals surface area contributed by atoms with Crippen LogP contribution in [0.15, 0.2) is 82.2 Å². The largest absolute Gasteiger partial charge is 0.337 e. The van der Waals surface area contributed by atoms with Gasteiger partial charge in [-0.25, -0.2) is 18.4 Å². The van der Waals surface area contributed by atoms with Gasteiger partial charge in [0.25, 0.3) is 10.0 Å². The number of benzene rings is 3. The first-order valence-electron chi connectivity index (χ1n) is 8.80. The molecule has 0 radical (unpaired) electrons. The molecule has 146 valence electrons. The molecule has 0 bridgehead atoms. The Morgan fingerprint density at radius 3 is 2.14 bits per heavy atom. The van der Waals surface area contributed by atoms with Crippen molar-refractivity contribution in [3.63, 3.8) is 0 Å². The predicted molar refractivity (Wildman–Crippen MR) is 119 cm³/mol. The Balaban J connectivity index is 1.78. The number of hydrogen-bond donors (Lipinski definition) is 2. The van der Waals surface area contributed by atoms with Gasteiger partial charge in [0.2, 0.25) is 0 Å². The normalized spacial score (nSPS) is 11.4. The monoisotopic (exact) mass is 468 g/mol. The molecule has 2 N–H and O–H groups in total. The number of halogens is 1. The maximum Gasteiger partial charge on any atom is 0.263 e. The van der Waals surface area contributed by atoms with Gasteiger partial charge in [0.15, 0.2) is 11.6 Å². The number of nitrogens with zero attached hydrogens (tertiary/aromatic N) is 2. The molecular formula is C21H17BrN4O2S. The van der Waals surface area contributed by atoms with Crippen molar-refractivity contribution in [3.8, 4) is 0 Å². The Morgan fingerprint density at radius 1 is 0.828 bits per heavy atom. The SMILES string of the molecule is Cc1cccc(Nc2nc3ccccc3nc2NS(=O)(=O)c2ccc(Br)cc2)c1. The van der Waals surface area contributed by atoms with Gasteiger partial charge in [-0.15, -0.1) is 0 Å². The zero-order valence-corrected chi connectivity index (χ0v) is 17.8. The lowest BCUT2D eigenvalue weighted by Gasteiger charge is -2.14. The first kappa shape index (κ1) is 19.4. The van der Waals surface area contributed by atoms with Gasteiger partial charge in [-0.05, 0) is 61.0 Å². The summed E-state index contributed by atoms with van der Waals surface area (Å²) in [6, 6.07) is 21.4. The van der Waals surface area contributed by atoms with E-state index in [1.807, 2.05) is 49.4 Å². The number of aryl methyl sites for hydroxylation is 1. The molecule has 0 saturated carbocycles. The summed E-state index contributed by atoms with van der Waals surface area (Å²) in [5.74, 6) is 0.461. The molecular weight excluding hydrogens is 452 g/mol. The maximum absolute atomic E-state index is 12.9. The molecule has 3 aromatic carbocycles. The molecule has 4 rings (SSSR count). The summed E-state index contributed by atoms with van der Waals surface area (Å²) in [5.41, 5.74) is 3.12. The summed E-state index contributed by atoms with van der Waals surface area (Å²) in [7, 11) is -3.84. The lowest BCUT2D eigenvalue weighted by molar-refractivity contribution is 0.601. The fourth-order valence-corrected chi connectivity index (χ4v) is 4.09. The Hall–Kier alpha value is -2.97. The Kier molecular flexibility index (Phi) is 5.21. The zero-order chi connectivity index (χ0) is 20.4. The smallest absolute Gasteiger partial charge is 0.263 e. The van der Waals surface area contributed by atoms with Crippen LogP contribution in [0, 0.1) is 6.92 Å². The first-order valence-corrected chi connectivity index (χ1v) is 11.1. The molecule has 0 aliphatic heterocycles. The second-order valence-corrected chi connectivity index (χ2v) is 9.06. The van der Waals surface area contributed by atoms with Crippen molar-refractivity contribution in [3.05, 3.63) is 82.8 Å². The molecule has 0 atom stereocenters. The van der Waals surface area contributed by atoms with Gasteiger partial charge >= 0.3 is 0 Å². The third kappa shape index (κ3) is 4.38. The van der Waals surface area contributed by atoms with E-state index in [0.29, 0.717) is 16.9 Å². The summed E-state index contributed by atoms with van der Waals surface area (Å²) in [6.07, 6.45) is 0. The van der Waals surface area contributed by atoms with Gasteiger partial charge in [-0.1, -0.05) is 40.2 Å². The van der Waals surface area contributed by atoms with Crippen molar-refractivity contribution in [1.82, 2.24) is 9.97 Å². The van der Waals surface area contributed by atoms with Gasteiger partial charge in [0.1, 0.15) is 0 Å². The van der Waals surface area contributed by atoms with E-state index >= 15 is 0 Å². The minimum atomic E-state index is -3.84.